The van der Waals surface area contributed by atoms with E-state index in [1.54, 1.807) is 0 Å². The molecule has 0 fully saturated rings. The van der Waals surface area contributed by atoms with Crippen molar-refractivity contribution in [3.05, 3.63) is 32.4 Å². The van der Waals surface area contributed by atoms with E-state index in [-0.39, 0.29) is 0 Å². The molecule has 0 radical (unpaired) electrons. The number of rotatable bonds is 1. The van der Waals surface area contributed by atoms with E-state index >= 15 is 0 Å². The van der Waals surface area contributed by atoms with Gasteiger partial charge in [-0.15, -0.1) is 0 Å². The Kier molecular flexibility index (Phi) is 3.53. The van der Waals surface area contributed by atoms with E-state index in [1.807, 2.05) is 19.1 Å². The second kappa shape index (κ2) is 4.24. The molecular formula is C9H7BrIN. The summed E-state index contributed by atoms with van der Waals surface area (Å²) in [4.78, 5) is 0. The Morgan fingerprint density at radius 1 is 1.58 bits per heavy atom. The van der Waals surface area contributed by atoms with Gasteiger partial charge in [0.2, 0.25) is 0 Å². The van der Waals surface area contributed by atoms with Crippen LogP contribution in [0.5, 0.6) is 0 Å². The van der Waals surface area contributed by atoms with E-state index in [1.165, 1.54) is 3.57 Å². The number of nitriles is 1. The second-order valence-corrected chi connectivity index (χ2v) is 4.23. The highest BCUT2D eigenvalue weighted by Crippen LogP contribution is 2.19. The first-order chi connectivity index (χ1) is 5.69. The zero-order chi connectivity index (χ0) is 9.14. The Balaban J connectivity index is 3.31. The fourth-order valence-corrected chi connectivity index (χ4v) is 1.93. The standard InChI is InChI=1S/C9H7BrIN/c1-6-2-8(5-12)7(4-10)3-9(6)11/h2-3H,4H2,1H3. The van der Waals surface area contributed by atoms with Crippen molar-refractivity contribution in [2.45, 2.75) is 12.3 Å². The number of aryl methyl sites for hydroxylation is 1. The van der Waals surface area contributed by atoms with Crippen LogP contribution >= 0.6 is 38.5 Å². The Hall–Kier alpha value is -0.0800. The number of halogens is 2. The van der Waals surface area contributed by atoms with Crippen LogP contribution in [0, 0.1) is 21.8 Å². The zero-order valence-electron chi connectivity index (χ0n) is 6.56. The summed E-state index contributed by atoms with van der Waals surface area (Å²) >= 11 is 5.63. The first-order valence-electron chi connectivity index (χ1n) is 3.44. The average molecular weight is 336 g/mol. The van der Waals surface area contributed by atoms with Gasteiger partial charge in [-0.1, -0.05) is 15.9 Å². The van der Waals surface area contributed by atoms with Crippen LogP contribution < -0.4 is 0 Å². The topological polar surface area (TPSA) is 23.8 Å². The minimum Gasteiger partial charge on any atom is -0.192 e. The molecule has 0 amide bonds. The predicted octanol–water partition coefficient (Wildman–Crippen LogP) is 3.37. The summed E-state index contributed by atoms with van der Waals surface area (Å²) in [5.41, 5.74) is 2.99. The minimum absolute atomic E-state index is 0.742. The molecule has 62 valence electrons. The molecule has 12 heavy (non-hydrogen) atoms. The molecule has 1 nitrogen and oxygen atoms in total. The summed E-state index contributed by atoms with van der Waals surface area (Å²) in [6, 6.07) is 6.15. The van der Waals surface area contributed by atoms with Crippen LogP contribution in [-0.2, 0) is 5.33 Å². The van der Waals surface area contributed by atoms with E-state index in [9.17, 15) is 0 Å². The largest absolute Gasteiger partial charge is 0.192 e. The first kappa shape index (κ1) is 10.0. The van der Waals surface area contributed by atoms with Gasteiger partial charge in [-0.2, -0.15) is 5.26 Å². The van der Waals surface area contributed by atoms with Gasteiger partial charge in [-0.25, -0.2) is 0 Å². The van der Waals surface area contributed by atoms with Crippen molar-refractivity contribution in [1.82, 2.24) is 0 Å². The molecule has 3 heteroatoms. The molecule has 0 aliphatic carbocycles. The highest BCUT2D eigenvalue weighted by atomic mass is 127. The summed E-state index contributed by atoms with van der Waals surface area (Å²) in [5, 5.41) is 9.53. The molecule has 1 rings (SSSR count). The lowest BCUT2D eigenvalue weighted by atomic mass is 10.1. The Labute approximate surface area is 94.0 Å². The van der Waals surface area contributed by atoms with Crippen molar-refractivity contribution in [2.75, 3.05) is 0 Å². The van der Waals surface area contributed by atoms with E-state index in [0.717, 1.165) is 22.0 Å². The molecule has 0 spiro atoms. The van der Waals surface area contributed by atoms with Gasteiger partial charge in [0.25, 0.3) is 0 Å². The maximum atomic E-state index is 8.79. The summed E-state index contributed by atoms with van der Waals surface area (Å²) in [7, 11) is 0. The lowest BCUT2D eigenvalue weighted by Crippen LogP contribution is -1.90. The fraction of sp³-hybridized carbons (Fsp3) is 0.222. The van der Waals surface area contributed by atoms with Crippen molar-refractivity contribution in [3.63, 3.8) is 0 Å². The highest BCUT2D eigenvalue weighted by molar-refractivity contribution is 14.1. The summed E-state index contributed by atoms with van der Waals surface area (Å²) < 4.78 is 1.21. The average Bonchev–Trinajstić information content (AvgIpc) is 2.09. The van der Waals surface area contributed by atoms with Crippen LogP contribution in [0.3, 0.4) is 0 Å². The molecule has 1 aromatic rings. The van der Waals surface area contributed by atoms with Crippen LogP contribution in [0.15, 0.2) is 12.1 Å². The van der Waals surface area contributed by atoms with E-state index in [0.29, 0.717) is 0 Å². The molecule has 0 N–H and O–H groups in total. The van der Waals surface area contributed by atoms with Gasteiger partial charge in [0.05, 0.1) is 11.6 Å². The highest BCUT2D eigenvalue weighted by Gasteiger charge is 2.03. The van der Waals surface area contributed by atoms with Gasteiger partial charge in [-0.3, -0.25) is 0 Å². The van der Waals surface area contributed by atoms with Crippen LogP contribution in [0.1, 0.15) is 16.7 Å². The van der Waals surface area contributed by atoms with Gasteiger partial charge in [0, 0.05) is 8.90 Å². The summed E-state index contributed by atoms with van der Waals surface area (Å²) in [6.45, 7) is 2.01. The normalized spacial score (nSPS) is 9.50. The Morgan fingerprint density at radius 3 is 2.75 bits per heavy atom. The SMILES string of the molecule is Cc1cc(C#N)c(CBr)cc1I. The Bertz CT molecular complexity index is 341. The number of alkyl halides is 1. The van der Waals surface area contributed by atoms with Crippen molar-refractivity contribution >= 4 is 38.5 Å². The quantitative estimate of drug-likeness (QED) is 0.570. The summed E-state index contributed by atoms with van der Waals surface area (Å²) in [6.07, 6.45) is 0. The van der Waals surface area contributed by atoms with E-state index < -0.39 is 0 Å². The van der Waals surface area contributed by atoms with Gasteiger partial charge in [0.1, 0.15) is 0 Å². The van der Waals surface area contributed by atoms with Gasteiger partial charge in [-0.05, 0) is 52.8 Å². The molecule has 1 aromatic carbocycles. The van der Waals surface area contributed by atoms with Crippen LogP contribution in [-0.4, -0.2) is 0 Å². The van der Waals surface area contributed by atoms with Crippen LogP contribution in [0.25, 0.3) is 0 Å². The van der Waals surface area contributed by atoms with Gasteiger partial charge >= 0.3 is 0 Å². The second-order valence-electron chi connectivity index (χ2n) is 2.50. The van der Waals surface area contributed by atoms with Crippen molar-refractivity contribution in [3.8, 4) is 6.07 Å². The number of hydrogen-bond donors (Lipinski definition) is 0. The molecule has 0 aromatic heterocycles. The van der Waals surface area contributed by atoms with Crippen molar-refractivity contribution < 1.29 is 0 Å². The zero-order valence-corrected chi connectivity index (χ0v) is 10.3. The fourth-order valence-electron chi connectivity index (χ4n) is 0.937. The molecular weight excluding hydrogens is 329 g/mol. The lowest BCUT2D eigenvalue weighted by Gasteiger charge is -2.03. The Morgan fingerprint density at radius 2 is 2.25 bits per heavy atom. The first-order valence-corrected chi connectivity index (χ1v) is 5.64. The molecule has 0 unspecified atom stereocenters. The third kappa shape index (κ3) is 1.99. The summed E-state index contributed by atoms with van der Waals surface area (Å²) in [5.74, 6) is 0. The predicted molar refractivity (Wildman–Crippen MR) is 61.2 cm³/mol. The third-order valence-corrected chi connectivity index (χ3v) is 3.42. The van der Waals surface area contributed by atoms with E-state index in [2.05, 4.69) is 44.6 Å². The number of nitrogens with zero attached hydrogens (tertiary/aromatic N) is 1. The smallest absolute Gasteiger partial charge is 0.0994 e. The minimum atomic E-state index is 0.742. The maximum Gasteiger partial charge on any atom is 0.0994 e. The van der Waals surface area contributed by atoms with Gasteiger partial charge < -0.3 is 0 Å². The molecule has 0 aliphatic rings. The number of benzene rings is 1. The molecule has 0 saturated carbocycles. The van der Waals surface area contributed by atoms with Crippen molar-refractivity contribution in [2.24, 2.45) is 0 Å². The molecule has 0 atom stereocenters. The lowest BCUT2D eigenvalue weighted by molar-refractivity contribution is 1.31. The van der Waals surface area contributed by atoms with Crippen LogP contribution in [0.2, 0.25) is 0 Å². The van der Waals surface area contributed by atoms with Gasteiger partial charge in [0.15, 0.2) is 0 Å². The maximum absolute atomic E-state index is 8.79. The van der Waals surface area contributed by atoms with E-state index in [4.69, 9.17) is 5.26 Å². The van der Waals surface area contributed by atoms with Crippen molar-refractivity contribution in [1.29, 1.82) is 5.26 Å². The number of hydrogen-bond acceptors (Lipinski definition) is 1. The molecule has 0 aliphatic heterocycles. The monoisotopic (exact) mass is 335 g/mol. The third-order valence-electron chi connectivity index (χ3n) is 1.65. The molecule has 0 bridgehead atoms. The molecule has 0 saturated heterocycles. The van der Waals surface area contributed by atoms with Crippen LogP contribution in [0.4, 0.5) is 0 Å². The molecule has 0 heterocycles.